The molecule has 1 aromatic rings. The highest BCUT2D eigenvalue weighted by Crippen LogP contribution is 2.21. The van der Waals surface area contributed by atoms with Gasteiger partial charge in [0.1, 0.15) is 0 Å². The van der Waals surface area contributed by atoms with Gasteiger partial charge in [0.25, 0.3) is 0 Å². The number of aliphatic hydroxyl groups excluding tert-OH is 1. The quantitative estimate of drug-likeness (QED) is 0.841. The number of nitrogens with zero attached hydrogens (tertiary/aromatic N) is 2. The van der Waals surface area contributed by atoms with Gasteiger partial charge in [-0.25, -0.2) is 8.42 Å². The van der Waals surface area contributed by atoms with Gasteiger partial charge in [0.2, 0.25) is 10.0 Å². The number of aliphatic hydroxyl groups is 1. The molecule has 0 aromatic carbocycles. The summed E-state index contributed by atoms with van der Waals surface area (Å²) in [5, 5.41) is 9.17. The minimum absolute atomic E-state index is 0.0888. The Bertz CT molecular complexity index is 475. The Labute approximate surface area is 108 Å². The molecular formula is C12H18N2O3S. The van der Waals surface area contributed by atoms with Crippen molar-refractivity contribution < 1.29 is 13.5 Å². The Kier molecular flexibility index (Phi) is 4.31. The van der Waals surface area contributed by atoms with Crippen LogP contribution in [0.4, 0.5) is 0 Å². The molecule has 2 heterocycles. The highest BCUT2D eigenvalue weighted by atomic mass is 32.2. The lowest BCUT2D eigenvalue weighted by Crippen LogP contribution is -2.39. The molecule has 5 nitrogen and oxygen atoms in total. The number of pyridine rings is 1. The smallest absolute Gasteiger partial charge is 0.214 e. The van der Waals surface area contributed by atoms with Crippen molar-refractivity contribution in [2.24, 2.45) is 0 Å². The molecule has 18 heavy (non-hydrogen) atoms. The van der Waals surface area contributed by atoms with E-state index in [-0.39, 0.29) is 18.4 Å². The van der Waals surface area contributed by atoms with E-state index in [0.29, 0.717) is 13.0 Å². The van der Waals surface area contributed by atoms with Crippen molar-refractivity contribution >= 4 is 10.0 Å². The summed E-state index contributed by atoms with van der Waals surface area (Å²) < 4.78 is 25.8. The third-order valence-corrected chi connectivity index (χ3v) is 5.20. The van der Waals surface area contributed by atoms with E-state index in [2.05, 4.69) is 4.98 Å². The summed E-state index contributed by atoms with van der Waals surface area (Å²) in [6.07, 6.45) is 5.40. The van der Waals surface area contributed by atoms with Crippen LogP contribution in [0.25, 0.3) is 0 Å². The molecule has 1 aromatic heterocycles. The van der Waals surface area contributed by atoms with Crippen LogP contribution in [0.2, 0.25) is 0 Å². The molecule has 0 spiro atoms. The second kappa shape index (κ2) is 5.77. The summed E-state index contributed by atoms with van der Waals surface area (Å²) in [6, 6.07) is 3.42. The van der Waals surface area contributed by atoms with Crippen LogP contribution in [0.3, 0.4) is 0 Å². The topological polar surface area (TPSA) is 70.5 Å². The number of sulfonamides is 1. The molecule has 1 fully saturated rings. The normalized spacial score (nSPS) is 21.3. The van der Waals surface area contributed by atoms with Gasteiger partial charge in [0, 0.05) is 25.0 Å². The van der Waals surface area contributed by atoms with Gasteiger partial charge in [-0.2, -0.15) is 4.31 Å². The zero-order valence-corrected chi connectivity index (χ0v) is 11.0. The van der Waals surface area contributed by atoms with Gasteiger partial charge in [0.05, 0.1) is 12.4 Å². The Morgan fingerprint density at radius 1 is 1.39 bits per heavy atom. The molecule has 6 heteroatoms. The number of rotatable bonds is 5. The molecule has 1 saturated heterocycles. The number of aryl methyl sites for hydroxylation is 1. The van der Waals surface area contributed by atoms with Crippen molar-refractivity contribution in [1.82, 2.24) is 9.29 Å². The maximum atomic E-state index is 12.2. The van der Waals surface area contributed by atoms with Gasteiger partial charge < -0.3 is 5.11 Å². The number of aromatic nitrogens is 1. The van der Waals surface area contributed by atoms with Gasteiger partial charge in [-0.3, -0.25) is 4.98 Å². The minimum Gasteiger partial charge on any atom is -0.395 e. The highest BCUT2D eigenvalue weighted by Gasteiger charge is 2.33. The lowest BCUT2D eigenvalue weighted by atomic mass is 10.2. The maximum Gasteiger partial charge on any atom is 0.214 e. The first-order valence-corrected chi connectivity index (χ1v) is 7.73. The van der Waals surface area contributed by atoms with E-state index >= 15 is 0 Å². The summed E-state index contributed by atoms with van der Waals surface area (Å²) in [6.45, 7) is 0.443. The van der Waals surface area contributed by atoms with E-state index in [1.165, 1.54) is 4.31 Å². The van der Waals surface area contributed by atoms with Crippen molar-refractivity contribution in [3.05, 3.63) is 30.1 Å². The first-order valence-electron chi connectivity index (χ1n) is 6.13. The zero-order valence-electron chi connectivity index (χ0n) is 10.2. The van der Waals surface area contributed by atoms with Gasteiger partial charge in [-0.15, -0.1) is 0 Å². The van der Waals surface area contributed by atoms with Crippen LogP contribution < -0.4 is 0 Å². The molecule has 1 aliphatic heterocycles. The SMILES string of the molecule is O=S(=O)(CCc1ccncc1)N1CCC[C@@H]1CO. The molecule has 0 radical (unpaired) electrons. The van der Waals surface area contributed by atoms with Crippen LogP contribution in [-0.4, -0.2) is 47.8 Å². The fraction of sp³-hybridized carbons (Fsp3) is 0.583. The lowest BCUT2D eigenvalue weighted by Gasteiger charge is -2.22. The average Bonchev–Trinajstić information content (AvgIpc) is 2.87. The largest absolute Gasteiger partial charge is 0.395 e. The van der Waals surface area contributed by atoms with Crippen molar-refractivity contribution in [1.29, 1.82) is 0 Å². The van der Waals surface area contributed by atoms with Crippen molar-refractivity contribution in [2.45, 2.75) is 25.3 Å². The third kappa shape index (κ3) is 3.07. The van der Waals surface area contributed by atoms with Crippen LogP contribution >= 0.6 is 0 Å². The standard InChI is InChI=1S/C12H18N2O3S/c15-10-12-2-1-8-14(12)18(16,17)9-5-11-3-6-13-7-4-11/h3-4,6-7,12,15H,1-2,5,8-10H2/t12-/m1/s1. The first kappa shape index (κ1) is 13.5. The second-order valence-corrected chi connectivity index (χ2v) is 6.55. The molecule has 1 N–H and O–H groups in total. The van der Waals surface area contributed by atoms with E-state index in [1.807, 2.05) is 12.1 Å². The molecule has 1 aliphatic rings. The molecule has 0 unspecified atom stereocenters. The van der Waals surface area contributed by atoms with E-state index in [1.54, 1.807) is 12.4 Å². The predicted octanol–water partition coefficient (Wildman–Crippen LogP) is 0.411. The zero-order chi connectivity index (χ0) is 13.0. The molecule has 0 saturated carbocycles. The molecule has 100 valence electrons. The lowest BCUT2D eigenvalue weighted by molar-refractivity contribution is 0.213. The third-order valence-electron chi connectivity index (χ3n) is 3.29. The number of hydrogen-bond donors (Lipinski definition) is 1. The van der Waals surface area contributed by atoms with Gasteiger partial charge in [-0.05, 0) is 37.0 Å². The monoisotopic (exact) mass is 270 g/mol. The molecule has 0 bridgehead atoms. The van der Waals surface area contributed by atoms with Crippen molar-refractivity contribution in [3.63, 3.8) is 0 Å². The highest BCUT2D eigenvalue weighted by molar-refractivity contribution is 7.89. The Morgan fingerprint density at radius 2 is 2.11 bits per heavy atom. The Balaban J connectivity index is 1.99. The minimum atomic E-state index is -3.27. The van der Waals surface area contributed by atoms with Gasteiger partial charge >= 0.3 is 0 Å². The summed E-state index contributed by atoms with van der Waals surface area (Å²) in [4.78, 5) is 3.90. The van der Waals surface area contributed by atoms with Crippen molar-refractivity contribution in [2.75, 3.05) is 18.9 Å². The van der Waals surface area contributed by atoms with E-state index in [4.69, 9.17) is 0 Å². The van der Waals surface area contributed by atoms with Crippen LogP contribution in [-0.2, 0) is 16.4 Å². The molecule has 0 aliphatic carbocycles. The number of hydrogen-bond acceptors (Lipinski definition) is 4. The first-order chi connectivity index (χ1) is 8.63. The van der Waals surface area contributed by atoms with Gasteiger partial charge in [-0.1, -0.05) is 0 Å². The fourth-order valence-corrected chi connectivity index (χ4v) is 4.03. The fourth-order valence-electron chi connectivity index (χ4n) is 2.27. The molecule has 0 amide bonds. The molecule has 2 rings (SSSR count). The average molecular weight is 270 g/mol. The summed E-state index contributed by atoms with van der Waals surface area (Å²) in [7, 11) is -3.27. The Morgan fingerprint density at radius 3 is 2.78 bits per heavy atom. The van der Waals surface area contributed by atoms with Crippen molar-refractivity contribution in [3.8, 4) is 0 Å². The molecule has 1 atom stereocenters. The van der Waals surface area contributed by atoms with Crippen LogP contribution in [0.1, 0.15) is 18.4 Å². The van der Waals surface area contributed by atoms with E-state index in [0.717, 1.165) is 18.4 Å². The van der Waals surface area contributed by atoms with Crippen LogP contribution in [0.15, 0.2) is 24.5 Å². The molecular weight excluding hydrogens is 252 g/mol. The van der Waals surface area contributed by atoms with Crippen LogP contribution in [0.5, 0.6) is 0 Å². The van der Waals surface area contributed by atoms with E-state index in [9.17, 15) is 13.5 Å². The Hall–Kier alpha value is -0.980. The summed E-state index contributed by atoms with van der Waals surface area (Å²) >= 11 is 0. The van der Waals surface area contributed by atoms with E-state index < -0.39 is 10.0 Å². The second-order valence-electron chi connectivity index (χ2n) is 4.51. The van der Waals surface area contributed by atoms with Gasteiger partial charge in [0.15, 0.2) is 0 Å². The van der Waals surface area contributed by atoms with Crippen LogP contribution in [0, 0.1) is 0 Å². The summed E-state index contributed by atoms with van der Waals surface area (Å²) in [5.74, 6) is 0.0908. The predicted molar refractivity (Wildman–Crippen MR) is 68.5 cm³/mol. The summed E-state index contributed by atoms with van der Waals surface area (Å²) in [5.41, 5.74) is 0.966. The maximum absolute atomic E-state index is 12.2.